The first-order valence-electron chi connectivity index (χ1n) is 11.4. The van der Waals surface area contributed by atoms with Gasteiger partial charge in [0, 0.05) is 6.61 Å². The number of esters is 1. The Morgan fingerprint density at radius 2 is 1.68 bits per heavy atom. The van der Waals surface area contributed by atoms with Crippen LogP contribution in [0.4, 0.5) is 4.79 Å². The number of hydrogen-bond acceptors (Lipinski definition) is 5. The van der Waals surface area contributed by atoms with Crippen LogP contribution in [0, 0.1) is 5.92 Å². The van der Waals surface area contributed by atoms with Gasteiger partial charge in [0.1, 0.15) is 17.7 Å². The van der Waals surface area contributed by atoms with Crippen LogP contribution in [0.1, 0.15) is 73.3 Å². The van der Waals surface area contributed by atoms with Gasteiger partial charge in [-0.05, 0) is 58.4 Å². The lowest BCUT2D eigenvalue weighted by Crippen LogP contribution is -2.46. The molecule has 0 heterocycles. The summed E-state index contributed by atoms with van der Waals surface area (Å²) >= 11 is 0. The highest BCUT2D eigenvalue weighted by Crippen LogP contribution is 2.16. The Balaban J connectivity index is 2.75. The average molecular weight is 436 g/mol. The molecule has 1 amide bonds. The molecule has 3 atom stereocenters. The number of ether oxygens (including phenoxy) is 3. The van der Waals surface area contributed by atoms with Gasteiger partial charge in [-0.2, -0.15) is 0 Å². The maximum absolute atomic E-state index is 12.8. The van der Waals surface area contributed by atoms with Crippen molar-refractivity contribution in [1.29, 1.82) is 0 Å². The molecule has 0 aliphatic carbocycles. The lowest BCUT2D eigenvalue weighted by Gasteiger charge is -2.28. The number of alkyl carbamates (subject to hydrolysis) is 1. The third-order valence-corrected chi connectivity index (χ3v) is 4.58. The van der Waals surface area contributed by atoms with Gasteiger partial charge >= 0.3 is 12.1 Å². The molecule has 6 nitrogen and oxygen atoms in total. The summed E-state index contributed by atoms with van der Waals surface area (Å²) in [5, 5.41) is 2.65. The van der Waals surface area contributed by atoms with Crippen LogP contribution in [0.2, 0.25) is 0 Å². The number of carbonyl (C=O) groups excluding carboxylic acids is 2. The molecule has 0 aliphatic rings. The molecule has 6 heteroatoms. The van der Waals surface area contributed by atoms with Crippen molar-refractivity contribution in [2.24, 2.45) is 5.92 Å². The minimum absolute atomic E-state index is 0.227. The lowest BCUT2D eigenvalue weighted by molar-refractivity contribution is -0.159. The van der Waals surface area contributed by atoms with Crippen molar-refractivity contribution in [3.8, 4) is 0 Å². The van der Waals surface area contributed by atoms with E-state index < -0.39 is 29.8 Å². The molecule has 0 spiro atoms. The zero-order valence-electron chi connectivity index (χ0n) is 20.3. The summed E-state index contributed by atoms with van der Waals surface area (Å²) in [6, 6.07) is 9.44. The van der Waals surface area contributed by atoms with E-state index in [9.17, 15) is 9.59 Å². The highest BCUT2D eigenvalue weighted by atomic mass is 16.6. The maximum atomic E-state index is 12.8. The summed E-state index contributed by atoms with van der Waals surface area (Å²) < 4.78 is 17.1. The van der Waals surface area contributed by atoms with E-state index in [0.717, 1.165) is 19.3 Å². The second-order valence-electron chi connectivity index (χ2n) is 9.42. The van der Waals surface area contributed by atoms with E-state index in [0.29, 0.717) is 18.9 Å². The van der Waals surface area contributed by atoms with Crippen LogP contribution >= 0.6 is 0 Å². The minimum atomic E-state index is -0.748. The summed E-state index contributed by atoms with van der Waals surface area (Å²) in [6.45, 7) is 13.9. The normalized spacial score (nSPS) is 14.6. The second-order valence-corrected chi connectivity index (χ2v) is 9.42. The largest absolute Gasteiger partial charge is 0.458 e. The van der Waals surface area contributed by atoms with Crippen molar-refractivity contribution in [2.45, 2.75) is 98.0 Å². The molecule has 0 fully saturated rings. The standard InChI is InChI=1S/C25H41NO5/c1-8-12-21(26-24(28)31-25(5,6)7)23(27)30-19(4)22(29-17-18(2)3)16-15-20-13-10-9-11-14-20/h9-11,13-14,18-19,21-22H,8,12,15-17H2,1-7H3,(H,26,28)/t19-,21-,22-/m0/s1. The van der Waals surface area contributed by atoms with Crippen molar-refractivity contribution in [2.75, 3.05) is 6.61 Å². The van der Waals surface area contributed by atoms with Crippen LogP contribution in [0.15, 0.2) is 30.3 Å². The van der Waals surface area contributed by atoms with Gasteiger partial charge in [-0.1, -0.05) is 57.5 Å². The van der Waals surface area contributed by atoms with Crippen LogP contribution in [0.3, 0.4) is 0 Å². The quantitative estimate of drug-likeness (QED) is 0.452. The smallest absolute Gasteiger partial charge is 0.408 e. The van der Waals surface area contributed by atoms with Crippen molar-refractivity contribution >= 4 is 12.1 Å². The first-order chi connectivity index (χ1) is 14.5. The van der Waals surface area contributed by atoms with Gasteiger partial charge in [-0.15, -0.1) is 0 Å². The summed E-state index contributed by atoms with van der Waals surface area (Å²) in [5.41, 5.74) is 0.584. The first kappa shape index (κ1) is 27.0. The fourth-order valence-corrected chi connectivity index (χ4v) is 3.05. The Hall–Kier alpha value is -2.08. The van der Waals surface area contributed by atoms with Crippen molar-refractivity contribution < 1.29 is 23.8 Å². The zero-order chi connectivity index (χ0) is 23.4. The van der Waals surface area contributed by atoms with Gasteiger partial charge in [0.25, 0.3) is 0 Å². The van der Waals surface area contributed by atoms with Gasteiger partial charge in [-0.3, -0.25) is 0 Å². The van der Waals surface area contributed by atoms with Crippen molar-refractivity contribution in [3.05, 3.63) is 35.9 Å². The molecule has 1 N–H and O–H groups in total. The van der Waals surface area contributed by atoms with Crippen LogP contribution in [-0.2, 0) is 25.4 Å². The van der Waals surface area contributed by atoms with E-state index in [1.54, 1.807) is 20.8 Å². The third-order valence-electron chi connectivity index (χ3n) is 4.58. The van der Waals surface area contributed by atoms with E-state index in [1.807, 2.05) is 32.0 Å². The van der Waals surface area contributed by atoms with E-state index in [4.69, 9.17) is 14.2 Å². The minimum Gasteiger partial charge on any atom is -0.458 e. The van der Waals surface area contributed by atoms with Crippen LogP contribution < -0.4 is 5.32 Å². The van der Waals surface area contributed by atoms with E-state index in [1.165, 1.54) is 5.56 Å². The van der Waals surface area contributed by atoms with Crippen molar-refractivity contribution in [3.63, 3.8) is 0 Å². The zero-order valence-corrected chi connectivity index (χ0v) is 20.3. The first-order valence-corrected chi connectivity index (χ1v) is 11.4. The van der Waals surface area contributed by atoms with E-state index in [-0.39, 0.29) is 6.10 Å². The van der Waals surface area contributed by atoms with Gasteiger partial charge < -0.3 is 19.5 Å². The number of carbonyl (C=O) groups is 2. The molecule has 0 bridgehead atoms. The molecule has 176 valence electrons. The predicted octanol–water partition coefficient (Wildman–Crippen LogP) is 5.29. The number of rotatable bonds is 12. The summed E-state index contributed by atoms with van der Waals surface area (Å²) in [4.78, 5) is 25.0. The number of benzene rings is 1. The molecule has 0 unspecified atom stereocenters. The molecule has 31 heavy (non-hydrogen) atoms. The Morgan fingerprint density at radius 3 is 2.23 bits per heavy atom. The second kappa shape index (κ2) is 13.4. The van der Waals surface area contributed by atoms with E-state index in [2.05, 4.69) is 31.3 Å². The van der Waals surface area contributed by atoms with Gasteiger partial charge in [0.2, 0.25) is 0 Å². The SMILES string of the molecule is CCC[C@H](NC(=O)OC(C)(C)C)C(=O)O[C@@H](C)[C@H](CCc1ccccc1)OCC(C)C. The number of nitrogens with one attached hydrogen (secondary N) is 1. The molecular weight excluding hydrogens is 394 g/mol. The molecule has 0 saturated carbocycles. The van der Waals surface area contributed by atoms with Crippen LogP contribution in [0.25, 0.3) is 0 Å². The fraction of sp³-hybridized carbons (Fsp3) is 0.680. The average Bonchev–Trinajstić information content (AvgIpc) is 2.66. The Kier molecular flexibility index (Phi) is 11.6. The summed E-state index contributed by atoms with van der Waals surface area (Å²) in [5.74, 6) is -0.0816. The molecule has 0 aromatic heterocycles. The number of amides is 1. The van der Waals surface area contributed by atoms with Gasteiger partial charge in [0.15, 0.2) is 0 Å². The Labute approximate surface area is 188 Å². The monoisotopic (exact) mass is 435 g/mol. The Morgan fingerprint density at radius 1 is 1.03 bits per heavy atom. The summed E-state index contributed by atoms with van der Waals surface area (Å²) in [7, 11) is 0. The van der Waals surface area contributed by atoms with Crippen LogP contribution in [-0.4, -0.2) is 42.5 Å². The van der Waals surface area contributed by atoms with Crippen molar-refractivity contribution in [1.82, 2.24) is 5.32 Å². The summed E-state index contributed by atoms with van der Waals surface area (Å²) in [6.07, 6.45) is 1.50. The molecular formula is C25H41NO5. The highest BCUT2D eigenvalue weighted by molar-refractivity contribution is 5.81. The topological polar surface area (TPSA) is 73.9 Å². The molecule has 1 aromatic carbocycles. The third kappa shape index (κ3) is 11.8. The molecule has 0 aliphatic heterocycles. The maximum Gasteiger partial charge on any atom is 0.408 e. The van der Waals surface area contributed by atoms with E-state index >= 15 is 0 Å². The Bertz CT molecular complexity index is 654. The number of aryl methyl sites for hydroxylation is 1. The molecule has 0 radical (unpaired) electrons. The fourth-order valence-electron chi connectivity index (χ4n) is 3.05. The molecule has 1 aromatic rings. The molecule has 1 rings (SSSR count). The van der Waals surface area contributed by atoms with Crippen LogP contribution in [0.5, 0.6) is 0 Å². The predicted molar refractivity (Wildman–Crippen MR) is 123 cm³/mol. The van der Waals surface area contributed by atoms with Gasteiger partial charge in [-0.25, -0.2) is 9.59 Å². The van der Waals surface area contributed by atoms with Gasteiger partial charge in [0.05, 0.1) is 6.10 Å². The molecule has 0 saturated heterocycles. The lowest BCUT2D eigenvalue weighted by atomic mass is 10.0. The highest BCUT2D eigenvalue weighted by Gasteiger charge is 2.29. The number of hydrogen-bond donors (Lipinski definition) is 1.